The van der Waals surface area contributed by atoms with Crippen molar-refractivity contribution in [3.8, 4) is 11.3 Å². The van der Waals surface area contributed by atoms with Gasteiger partial charge in [0.15, 0.2) is 0 Å². The van der Waals surface area contributed by atoms with Crippen LogP contribution in [0.5, 0.6) is 0 Å². The van der Waals surface area contributed by atoms with Gasteiger partial charge in [-0.25, -0.2) is 4.39 Å². The third-order valence-electron chi connectivity index (χ3n) is 3.51. The lowest BCUT2D eigenvalue weighted by Crippen LogP contribution is -2.25. The Morgan fingerprint density at radius 2 is 1.96 bits per heavy atom. The molecule has 0 atom stereocenters. The van der Waals surface area contributed by atoms with Gasteiger partial charge in [-0.15, -0.1) is 0 Å². The van der Waals surface area contributed by atoms with E-state index >= 15 is 0 Å². The first-order chi connectivity index (χ1) is 11.6. The zero-order valence-corrected chi connectivity index (χ0v) is 13.5. The number of halogens is 1. The molecular formula is C18H20FNO4. The third-order valence-corrected chi connectivity index (χ3v) is 3.51. The molecule has 0 radical (unpaired) electrons. The van der Waals surface area contributed by atoms with Gasteiger partial charge in [0.2, 0.25) is 5.91 Å². The van der Waals surface area contributed by atoms with E-state index in [9.17, 15) is 14.0 Å². The summed E-state index contributed by atoms with van der Waals surface area (Å²) in [6.45, 7) is 0.423. The van der Waals surface area contributed by atoms with E-state index in [-0.39, 0.29) is 30.5 Å². The van der Waals surface area contributed by atoms with Crippen molar-refractivity contribution >= 4 is 11.9 Å². The topological polar surface area (TPSA) is 68.5 Å². The summed E-state index contributed by atoms with van der Waals surface area (Å²) in [5.41, 5.74) is 0.399. The summed E-state index contributed by atoms with van der Waals surface area (Å²) in [5, 5.41) is 2.73. The highest BCUT2D eigenvalue weighted by Crippen LogP contribution is 2.25. The molecule has 0 saturated heterocycles. The van der Waals surface area contributed by atoms with Crippen molar-refractivity contribution in [2.75, 3.05) is 13.7 Å². The van der Waals surface area contributed by atoms with E-state index in [4.69, 9.17) is 4.42 Å². The molecule has 5 nitrogen and oxygen atoms in total. The fraction of sp³-hybridized carbons (Fsp3) is 0.333. The number of hydrogen-bond acceptors (Lipinski definition) is 4. The third kappa shape index (κ3) is 5.22. The number of benzene rings is 1. The van der Waals surface area contributed by atoms with Gasteiger partial charge >= 0.3 is 5.97 Å². The quantitative estimate of drug-likeness (QED) is 0.595. The van der Waals surface area contributed by atoms with Crippen molar-refractivity contribution < 1.29 is 23.1 Å². The molecule has 128 valence electrons. The number of carbonyl (C=O) groups is 2. The van der Waals surface area contributed by atoms with Crippen LogP contribution in [0.1, 0.15) is 25.0 Å². The smallest absolute Gasteiger partial charge is 0.305 e. The summed E-state index contributed by atoms with van der Waals surface area (Å²) < 4.78 is 23.8. The molecule has 0 aliphatic heterocycles. The molecule has 1 aromatic heterocycles. The first-order valence-corrected chi connectivity index (χ1v) is 7.77. The lowest BCUT2D eigenvalue weighted by atomic mass is 10.1. The molecule has 0 aliphatic carbocycles. The molecule has 2 aromatic rings. The molecule has 1 N–H and O–H groups in total. The van der Waals surface area contributed by atoms with E-state index in [1.807, 2.05) is 0 Å². The Balaban J connectivity index is 1.76. The minimum Gasteiger partial charge on any atom is -0.469 e. The van der Waals surface area contributed by atoms with E-state index in [1.165, 1.54) is 13.2 Å². The van der Waals surface area contributed by atoms with E-state index < -0.39 is 0 Å². The zero-order chi connectivity index (χ0) is 17.4. The van der Waals surface area contributed by atoms with Crippen LogP contribution in [-0.2, 0) is 20.7 Å². The molecule has 0 aliphatic rings. The van der Waals surface area contributed by atoms with Gasteiger partial charge in [0.1, 0.15) is 17.3 Å². The summed E-state index contributed by atoms with van der Waals surface area (Å²) in [7, 11) is 1.33. The fourth-order valence-electron chi connectivity index (χ4n) is 2.21. The second-order valence-corrected chi connectivity index (χ2v) is 5.28. The van der Waals surface area contributed by atoms with Crippen LogP contribution in [0.4, 0.5) is 4.39 Å². The Morgan fingerprint density at radius 3 is 2.71 bits per heavy atom. The molecule has 0 saturated carbocycles. The number of nitrogens with one attached hydrogen (secondary N) is 1. The van der Waals surface area contributed by atoms with Crippen LogP contribution in [0, 0.1) is 5.82 Å². The number of carbonyl (C=O) groups excluding carboxylic acids is 2. The van der Waals surface area contributed by atoms with Gasteiger partial charge in [0.25, 0.3) is 0 Å². The number of ether oxygens (including phenoxy) is 1. The van der Waals surface area contributed by atoms with Crippen LogP contribution in [0.3, 0.4) is 0 Å². The predicted molar refractivity (Wildman–Crippen MR) is 86.7 cm³/mol. The minimum absolute atomic E-state index is 0.122. The maximum absolute atomic E-state index is 13.7. The van der Waals surface area contributed by atoms with Crippen molar-refractivity contribution in [3.63, 3.8) is 0 Å². The summed E-state index contributed by atoms with van der Waals surface area (Å²) in [5.74, 6) is 0.311. The predicted octanol–water partition coefficient (Wildman–Crippen LogP) is 3.09. The fourth-order valence-corrected chi connectivity index (χ4v) is 2.21. The Kier molecular flexibility index (Phi) is 6.54. The number of hydrogen-bond donors (Lipinski definition) is 1. The summed E-state index contributed by atoms with van der Waals surface area (Å²) in [4.78, 5) is 22.7. The Bertz CT molecular complexity index is 696. The normalized spacial score (nSPS) is 10.4. The van der Waals surface area contributed by atoms with Crippen LogP contribution in [-0.4, -0.2) is 25.5 Å². The van der Waals surface area contributed by atoms with Gasteiger partial charge in [-0.1, -0.05) is 12.1 Å². The number of rotatable bonds is 8. The van der Waals surface area contributed by atoms with E-state index in [0.29, 0.717) is 36.5 Å². The summed E-state index contributed by atoms with van der Waals surface area (Å²) >= 11 is 0. The highest BCUT2D eigenvalue weighted by atomic mass is 19.1. The lowest BCUT2D eigenvalue weighted by molar-refractivity contribution is -0.140. The lowest BCUT2D eigenvalue weighted by Gasteiger charge is -2.04. The standard InChI is InChI=1S/C18H20FNO4/c1-23-18(22)7-4-12-20-17(21)11-9-13-8-10-16(24-13)14-5-2-3-6-15(14)19/h2-3,5-6,8,10H,4,7,9,11-12H2,1H3,(H,20,21). The van der Waals surface area contributed by atoms with E-state index in [0.717, 1.165) is 0 Å². The van der Waals surface area contributed by atoms with Crippen molar-refractivity contribution in [2.45, 2.75) is 25.7 Å². The SMILES string of the molecule is COC(=O)CCCNC(=O)CCc1ccc(-c2ccccc2F)o1. The van der Waals surface area contributed by atoms with Crippen molar-refractivity contribution in [3.05, 3.63) is 48.0 Å². The molecule has 6 heteroatoms. The second kappa shape index (κ2) is 8.86. The summed E-state index contributed by atoms with van der Waals surface area (Å²) in [6.07, 6.45) is 1.51. The van der Waals surface area contributed by atoms with Crippen molar-refractivity contribution in [2.24, 2.45) is 0 Å². The molecule has 1 heterocycles. The van der Waals surface area contributed by atoms with Gasteiger partial charge in [-0.2, -0.15) is 0 Å². The Hall–Kier alpha value is -2.63. The second-order valence-electron chi connectivity index (χ2n) is 5.28. The van der Waals surface area contributed by atoms with Crippen molar-refractivity contribution in [1.29, 1.82) is 0 Å². The number of methoxy groups -OCH3 is 1. The van der Waals surface area contributed by atoms with Gasteiger partial charge in [-0.05, 0) is 30.7 Å². The first-order valence-electron chi connectivity index (χ1n) is 7.77. The molecule has 0 bridgehead atoms. The average molecular weight is 333 g/mol. The minimum atomic E-state index is -0.346. The van der Waals surface area contributed by atoms with Gasteiger partial charge < -0.3 is 14.5 Å². The van der Waals surface area contributed by atoms with Crippen LogP contribution < -0.4 is 5.32 Å². The largest absolute Gasteiger partial charge is 0.469 e. The highest BCUT2D eigenvalue weighted by Gasteiger charge is 2.10. The average Bonchev–Trinajstić information content (AvgIpc) is 3.05. The first kappa shape index (κ1) is 17.7. The molecular weight excluding hydrogens is 313 g/mol. The number of amides is 1. The molecule has 0 spiro atoms. The van der Waals surface area contributed by atoms with Gasteiger partial charge in [-0.3, -0.25) is 9.59 Å². The van der Waals surface area contributed by atoms with E-state index in [1.54, 1.807) is 30.3 Å². The molecule has 24 heavy (non-hydrogen) atoms. The molecule has 0 fully saturated rings. The maximum atomic E-state index is 13.7. The molecule has 2 rings (SSSR count). The Labute approximate surface area is 139 Å². The monoisotopic (exact) mass is 333 g/mol. The highest BCUT2D eigenvalue weighted by molar-refractivity contribution is 5.76. The van der Waals surface area contributed by atoms with Crippen LogP contribution in [0.15, 0.2) is 40.8 Å². The maximum Gasteiger partial charge on any atom is 0.305 e. The van der Waals surface area contributed by atoms with Crippen molar-refractivity contribution in [1.82, 2.24) is 5.32 Å². The van der Waals surface area contributed by atoms with Gasteiger partial charge in [0.05, 0.1) is 12.7 Å². The zero-order valence-electron chi connectivity index (χ0n) is 13.5. The number of esters is 1. The molecule has 0 unspecified atom stereocenters. The molecule has 1 amide bonds. The van der Waals surface area contributed by atoms with Crippen LogP contribution >= 0.6 is 0 Å². The number of furan rings is 1. The van der Waals surface area contributed by atoms with Crippen LogP contribution in [0.25, 0.3) is 11.3 Å². The number of aryl methyl sites for hydroxylation is 1. The summed E-state index contributed by atoms with van der Waals surface area (Å²) in [6, 6.07) is 9.81. The molecule has 1 aromatic carbocycles. The van der Waals surface area contributed by atoms with Crippen LogP contribution in [0.2, 0.25) is 0 Å². The van der Waals surface area contributed by atoms with Gasteiger partial charge in [0, 0.05) is 25.8 Å². The van der Waals surface area contributed by atoms with E-state index in [2.05, 4.69) is 10.1 Å². The Morgan fingerprint density at radius 1 is 1.17 bits per heavy atom.